The number of nitrogens with one attached hydrogen (secondary N) is 2. The first-order chi connectivity index (χ1) is 11.6. The molecule has 0 amide bonds. The lowest BCUT2D eigenvalue weighted by Crippen LogP contribution is -2.38. The van der Waals surface area contributed by atoms with Gasteiger partial charge in [-0.2, -0.15) is 13.9 Å². The van der Waals surface area contributed by atoms with Crippen LogP contribution in [0.3, 0.4) is 0 Å². The Labute approximate surface area is 166 Å². The van der Waals surface area contributed by atoms with Crippen molar-refractivity contribution in [3.63, 3.8) is 0 Å². The van der Waals surface area contributed by atoms with Crippen molar-refractivity contribution in [3.05, 3.63) is 47.2 Å². The predicted octanol–water partition coefficient (Wildman–Crippen LogP) is 3.12. The van der Waals surface area contributed by atoms with Crippen molar-refractivity contribution in [3.8, 4) is 5.75 Å². The first kappa shape index (κ1) is 21.4. The Hall–Kier alpha value is -1.62. The van der Waals surface area contributed by atoms with Crippen LogP contribution in [0.25, 0.3) is 0 Å². The second kappa shape index (κ2) is 11.1. The monoisotopic (exact) mass is 485 g/mol. The van der Waals surface area contributed by atoms with Gasteiger partial charge in [0.15, 0.2) is 5.96 Å². The number of halogens is 4. The molecule has 0 aliphatic rings. The fourth-order valence-corrected chi connectivity index (χ4v) is 2.21. The van der Waals surface area contributed by atoms with Gasteiger partial charge in [0.2, 0.25) is 0 Å². The zero-order valence-electron chi connectivity index (χ0n) is 13.5. The number of ether oxygens (including phenoxy) is 1. The molecule has 1 aromatic carbocycles. The molecule has 0 unspecified atom stereocenters. The van der Waals surface area contributed by atoms with Gasteiger partial charge in [-0.25, -0.2) is 0 Å². The number of nitrogens with zero attached hydrogens (tertiary/aromatic N) is 3. The SMILES string of the molecule is CN=C(NCCn1cccn1)NCc1cc(Cl)ccc1OC(F)F.I. The fraction of sp³-hybridized carbons (Fsp3) is 0.333. The molecule has 0 atom stereocenters. The molecular weight excluding hydrogens is 467 g/mol. The summed E-state index contributed by atoms with van der Waals surface area (Å²) in [6.07, 6.45) is 3.56. The maximum atomic E-state index is 12.4. The third-order valence-electron chi connectivity index (χ3n) is 3.10. The molecule has 0 aliphatic heterocycles. The van der Waals surface area contributed by atoms with E-state index in [0.29, 0.717) is 29.6 Å². The van der Waals surface area contributed by atoms with E-state index in [-0.39, 0.29) is 36.3 Å². The number of hydrogen-bond acceptors (Lipinski definition) is 3. The van der Waals surface area contributed by atoms with Gasteiger partial charge in [0, 0.05) is 43.1 Å². The minimum Gasteiger partial charge on any atom is -0.434 e. The van der Waals surface area contributed by atoms with E-state index >= 15 is 0 Å². The maximum Gasteiger partial charge on any atom is 0.387 e. The van der Waals surface area contributed by atoms with Crippen LogP contribution in [0.15, 0.2) is 41.7 Å². The Bertz CT molecular complexity index is 670. The number of guanidine groups is 1. The number of aromatic nitrogens is 2. The first-order valence-electron chi connectivity index (χ1n) is 7.23. The third kappa shape index (κ3) is 7.43. The molecule has 0 saturated carbocycles. The van der Waals surface area contributed by atoms with Gasteiger partial charge in [-0.05, 0) is 24.3 Å². The molecule has 0 saturated heterocycles. The van der Waals surface area contributed by atoms with Crippen molar-refractivity contribution >= 4 is 41.5 Å². The van der Waals surface area contributed by atoms with E-state index in [2.05, 4.69) is 25.5 Å². The molecule has 2 rings (SSSR count). The van der Waals surface area contributed by atoms with E-state index in [1.54, 1.807) is 24.0 Å². The first-order valence-corrected chi connectivity index (χ1v) is 7.61. The number of rotatable bonds is 7. The van der Waals surface area contributed by atoms with Crippen LogP contribution in [0.5, 0.6) is 5.75 Å². The molecule has 25 heavy (non-hydrogen) atoms. The quantitative estimate of drug-likeness (QED) is 0.359. The van der Waals surface area contributed by atoms with Crippen LogP contribution in [0.4, 0.5) is 8.78 Å². The smallest absolute Gasteiger partial charge is 0.387 e. The van der Waals surface area contributed by atoms with Crippen molar-refractivity contribution in [1.29, 1.82) is 0 Å². The number of alkyl halides is 2. The Morgan fingerprint density at radius 3 is 2.84 bits per heavy atom. The largest absolute Gasteiger partial charge is 0.434 e. The highest BCUT2D eigenvalue weighted by Gasteiger charge is 2.11. The van der Waals surface area contributed by atoms with E-state index in [1.807, 2.05) is 12.3 Å². The average Bonchev–Trinajstić information content (AvgIpc) is 3.06. The summed E-state index contributed by atoms with van der Waals surface area (Å²) in [4.78, 5) is 4.08. The summed E-state index contributed by atoms with van der Waals surface area (Å²) in [7, 11) is 1.62. The summed E-state index contributed by atoms with van der Waals surface area (Å²) in [5.74, 6) is 0.610. The van der Waals surface area contributed by atoms with Crippen LogP contribution in [0, 0.1) is 0 Å². The Morgan fingerprint density at radius 2 is 2.20 bits per heavy atom. The Kier molecular flexibility index (Phi) is 9.50. The van der Waals surface area contributed by atoms with Gasteiger partial charge in [-0.1, -0.05) is 11.6 Å². The van der Waals surface area contributed by atoms with Crippen LogP contribution in [-0.2, 0) is 13.1 Å². The third-order valence-corrected chi connectivity index (χ3v) is 3.34. The molecule has 0 fully saturated rings. The van der Waals surface area contributed by atoms with E-state index in [0.717, 1.165) is 0 Å². The maximum absolute atomic E-state index is 12.4. The second-order valence-corrected chi connectivity index (χ2v) is 5.19. The lowest BCUT2D eigenvalue weighted by molar-refractivity contribution is -0.0504. The van der Waals surface area contributed by atoms with Crippen LogP contribution in [0.2, 0.25) is 5.02 Å². The van der Waals surface area contributed by atoms with Gasteiger partial charge in [0.25, 0.3) is 0 Å². The number of aliphatic imine (C=N–C) groups is 1. The summed E-state index contributed by atoms with van der Waals surface area (Å²) in [5, 5.41) is 10.7. The molecule has 2 N–H and O–H groups in total. The zero-order chi connectivity index (χ0) is 17.4. The van der Waals surface area contributed by atoms with Crippen molar-refractivity contribution < 1.29 is 13.5 Å². The topological polar surface area (TPSA) is 63.5 Å². The standard InChI is InChI=1S/C15H18ClF2N5O.HI/c1-19-15(20-6-8-23-7-2-5-22-23)21-10-11-9-12(16)3-4-13(11)24-14(17)18;/h2-5,7,9,14H,6,8,10H2,1H3,(H2,19,20,21);1H. The van der Waals surface area contributed by atoms with Gasteiger partial charge in [-0.15, -0.1) is 24.0 Å². The van der Waals surface area contributed by atoms with Gasteiger partial charge in [0.1, 0.15) is 5.75 Å². The van der Waals surface area contributed by atoms with Crippen LogP contribution in [0.1, 0.15) is 5.56 Å². The number of hydrogen-bond donors (Lipinski definition) is 2. The highest BCUT2D eigenvalue weighted by molar-refractivity contribution is 14.0. The minimum absolute atomic E-state index is 0. The zero-order valence-corrected chi connectivity index (χ0v) is 16.5. The summed E-state index contributed by atoms with van der Waals surface area (Å²) in [5.41, 5.74) is 0.512. The van der Waals surface area contributed by atoms with Crippen LogP contribution >= 0.6 is 35.6 Å². The molecule has 2 aromatic rings. The molecule has 1 aromatic heterocycles. The second-order valence-electron chi connectivity index (χ2n) is 4.75. The van der Waals surface area contributed by atoms with E-state index in [4.69, 9.17) is 11.6 Å². The minimum atomic E-state index is -2.89. The van der Waals surface area contributed by atoms with Gasteiger partial charge >= 0.3 is 6.61 Å². The van der Waals surface area contributed by atoms with Gasteiger partial charge in [-0.3, -0.25) is 9.67 Å². The van der Waals surface area contributed by atoms with Crippen LogP contribution < -0.4 is 15.4 Å². The summed E-state index contributed by atoms with van der Waals surface area (Å²) >= 11 is 5.92. The fourth-order valence-electron chi connectivity index (χ4n) is 2.02. The molecule has 138 valence electrons. The molecular formula is C15H19ClF2IN5O. The number of benzene rings is 1. The van der Waals surface area contributed by atoms with Crippen molar-refractivity contribution in [2.75, 3.05) is 13.6 Å². The molecule has 6 nitrogen and oxygen atoms in total. The lowest BCUT2D eigenvalue weighted by Gasteiger charge is -2.15. The van der Waals surface area contributed by atoms with Crippen LogP contribution in [-0.4, -0.2) is 35.9 Å². The molecule has 0 aliphatic carbocycles. The molecule has 10 heteroatoms. The van der Waals surface area contributed by atoms with Crippen molar-refractivity contribution in [2.45, 2.75) is 19.7 Å². The highest BCUT2D eigenvalue weighted by Crippen LogP contribution is 2.24. The summed E-state index contributed by atoms with van der Waals surface area (Å²) < 4.78 is 31.2. The Balaban J connectivity index is 0.00000312. The molecule has 0 radical (unpaired) electrons. The molecule has 0 bridgehead atoms. The normalized spacial score (nSPS) is 11.2. The summed E-state index contributed by atoms with van der Waals surface area (Å²) in [6.45, 7) is -1.37. The molecule has 0 spiro atoms. The predicted molar refractivity (Wildman–Crippen MR) is 104 cm³/mol. The lowest BCUT2D eigenvalue weighted by atomic mass is 10.2. The highest BCUT2D eigenvalue weighted by atomic mass is 127. The van der Waals surface area contributed by atoms with E-state index in [1.165, 1.54) is 12.1 Å². The molecule has 1 heterocycles. The van der Waals surface area contributed by atoms with Gasteiger partial charge < -0.3 is 15.4 Å². The van der Waals surface area contributed by atoms with Gasteiger partial charge in [0.05, 0.1) is 6.54 Å². The summed E-state index contributed by atoms with van der Waals surface area (Å²) in [6, 6.07) is 6.33. The van der Waals surface area contributed by atoms with Crippen molar-refractivity contribution in [2.24, 2.45) is 4.99 Å². The van der Waals surface area contributed by atoms with Crippen molar-refractivity contribution in [1.82, 2.24) is 20.4 Å². The average molecular weight is 486 g/mol. The Morgan fingerprint density at radius 1 is 1.40 bits per heavy atom. The van der Waals surface area contributed by atoms with E-state index in [9.17, 15) is 8.78 Å². The van der Waals surface area contributed by atoms with E-state index < -0.39 is 6.61 Å².